The smallest absolute Gasteiger partial charge is 0.224 e. The highest BCUT2D eigenvalue weighted by Gasteiger charge is 2.08. The second-order valence-electron chi connectivity index (χ2n) is 3.40. The van der Waals surface area contributed by atoms with E-state index in [1.54, 1.807) is 17.1 Å². The largest absolute Gasteiger partial charge is 0.354 e. The molecule has 90 valence electrons. The van der Waals surface area contributed by atoms with E-state index in [1.807, 2.05) is 6.20 Å². The third-order valence-corrected chi connectivity index (χ3v) is 3.14. The molecule has 0 amide bonds. The fourth-order valence-corrected chi connectivity index (χ4v) is 2.02. The molecule has 0 aliphatic heterocycles. The molecule has 0 fully saturated rings. The molecule has 0 bridgehead atoms. The van der Waals surface area contributed by atoms with E-state index >= 15 is 0 Å². The number of hydrogen-bond acceptors (Lipinski definition) is 4. The second-order valence-corrected chi connectivity index (χ2v) is 5.50. The lowest BCUT2D eigenvalue weighted by Crippen LogP contribution is -2.07. The molecule has 0 atom stereocenters. The molecule has 0 spiro atoms. The summed E-state index contributed by atoms with van der Waals surface area (Å²) < 4.78 is 3.61. The lowest BCUT2D eigenvalue weighted by molar-refractivity contribution is 0.830. The maximum Gasteiger partial charge on any atom is 0.224 e. The van der Waals surface area contributed by atoms with Crippen molar-refractivity contribution in [1.82, 2.24) is 19.7 Å². The molecule has 2 rings (SSSR count). The fraction of sp³-hybridized carbons (Fsp3) is 0.300. The lowest BCUT2D eigenvalue weighted by atomic mass is 10.5. The van der Waals surface area contributed by atoms with Crippen LogP contribution >= 0.6 is 38.5 Å². The van der Waals surface area contributed by atoms with Crippen molar-refractivity contribution in [2.75, 3.05) is 11.9 Å². The molecular formula is C10H11BrIN5. The molecule has 0 aromatic carbocycles. The number of anilines is 1. The first kappa shape index (κ1) is 12.7. The van der Waals surface area contributed by atoms with Crippen LogP contribution in [-0.2, 0) is 0 Å². The third kappa shape index (κ3) is 3.15. The quantitative estimate of drug-likeness (QED) is 0.792. The SMILES string of the molecule is CCCNc1ncc(Br)c(-n2cc(I)cn2)n1. The Labute approximate surface area is 121 Å². The van der Waals surface area contributed by atoms with Crippen molar-refractivity contribution >= 4 is 44.5 Å². The first-order chi connectivity index (χ1) is 8.20. The van der Waals surface area contributed by atoms with Gasteiger partial charge in [-0.25, -0.2) is 9.67 Å². The van der Waals surface area contributed by atoms with Gasteiger partial charge in [-0.05, 0) is 44.9 Å². The van der Waals surface area contributed by atoms with Crippen LogP contribution in [0.2, 0.25) is 0 Å². The van der Waals surface area contributed by atoms with Crippen LogP contribution in [-0.4, -0.2) is 26.3 Å². The first-order valence-corrected chi connectivity index (χ1v) is 7.05. The zero-order valence-electron chi connectivity index (χ0n) is 9.19. The Morgan fingerprint density at radius 2 is 2.29 bits per heavy atom. The minimum absolute atomic E-state index is 0.621. The highest BCUT2D eigenvalue weighted by atomic mass is 127. The fourth-order valence-electron chi connectivity index (χ4n) is 1.26. The minimum atomic E-state index is 0.621. The average Bonchev–Trinajstić information content (AvgIpc) is 2.75. The molecule has 2 heterocycles. The summed E-state index contributed by atoms with van der Waals surface area (Å²) in [6, 6.07) is 0. The summed E-state index contributed by atoms with van der Waals surface area (Å²) in [4.78, 5) is 8.62. The first-order valence-electron chi connectivity index (χ1n) is 5.17. The van der Waals surface area contributed by atoms with Crippen molar-refractivity contribution in [3.8, 4) is 5.82 Å². The molecule has 2 aromatic rings. The van der Waals surface area contributed by atoms with E-state index < -0.39 is 0 Å². The Bertz CT molecular complexity index is 513. The highest BCUT2D eigenvalue weighted by molar-refractivity contribution is 14.1. The minimum Gasteiger partial charge on any atom is -0.354 e. The van der Waals surface area contributed by atoms with Crippen LogP contribution in [0.1, 0.15) is 13.3 Å². The molecule has 5 nitrogen and oxygen atoms in total. The zero-order valence-corrected chi connectivity index (χ0v) is 12.9. The number of rotatable bonds is 4. The van der Waals surface area contributed by atoms with E-state index in [4.69, 9.17) is 0 Å². The van der Waals surface area contributed by atoms with Gasteiger partial charge in [-0.15, -0.1) is 0 Å². The molecule has 7 heteroatoms. The van der Waals surface area contributed by atoms with Crippen molar-refractivity contribution in [3.63, 3.8) is 0 Å². The van der Waals surface area contributed by atoms with E-state index in [0.717, 1.165) is 26.8 Å². The van der Waals surface area contributed by atoms with Gasteiger partial charge in [0.2, 0.25) is 5.95 Å². The predicted octanol–water partition coefficient (Wildman–Crippen LogP) is 2.85. The summed E-state index contributed by atoms with van der Waals surface area (Å²) in [7, 11) is 0. The van der Waals surface area contributed by atoms with E-state index in [2.05, 4.69) is 65.8 Å². The predicted molar refractivity (Wildman–Crippen MR) is 78.4 cm³/mol. The molecule has 1 N–H and O–H groups in total. The van der Waals surface area contributed by atoms with Crippen LogP contribution < -0.4 is 5.32 Å². The van der Waals surface area contributed by atoms with Gasteiger partial charge in [0.05, 0.1) is 14.2 Å². The van der Waals surface area contributed by atoms with Gasteiger partial charge in [-0.2, -0.15) is 10.1 Å². The van der Waals surface area contributed by atoms with Crippen LogP contribution in [0.5, 0.6) is 0 Å². The van der Waals surface area contributed by atoms with Crippen molar-refractivity contribution in [3.05, 3.63) is 26.6 Å². The molecule has 0 saturated carbocycles. The molecule has 0 aliphatic rings. The average molecular weight is 408 g/mol. The molecule has 0 saturated heterocycles. The Hall–Kier alpha value is -0.700. The highest BCUT2D eigenvalue weighted by Crippen LogP contribution is 2.19. The number of halogens is 2. The monoisotopic (exact) mass is 407 g/mol. The number of nitrogens with zero attached hydrogens (tertiary/aromatic N) is 4. The Morgan fingerprint density at radius 1 is 1.47 bits per heavy atom. The molecule has 0 unspecified atom stereocenters. The maximum absolute atomic E-state index is 4.42. The number of nitrogens with one attached hydrogen (secondary N) is 1. The number of hydrogen-bond donors (Lipinski definition) is 1. The Balaban J connectivity index is 2.32. The second kappa shape index (κ2) is 5.76. The lowest BCUT2D eigenvalue weighted by Gasteiger charge is -2.07. The Morgan fingerprint density at radius 3 is 2.94 bits per heavy atom. The van der Waals surface area contributed by atoms with Crippen LogP contribution in [0.4, 0.5) is 5.95 Å². The van der Waals surface area contributed by atoms with Gasteiger partial charge in [-0.3, -0.25) is 0 Å². The van der Waals surface area contributed by atoms with Gasteiger partial charge in [0.15, 0.2) is 5.82 Å². The van der Waals surface area contributed by atoms with Gasteiger partial charge in [0.1, 0.15) is 0 Å². The topological polar surface area (TPSA) is 55.6 Å². The van der Waals surface area contributed by atoms with E-state index in [9.17, 15) is 0 Å². The van der Waals surface area contributed by atoms with E-state index in [0.29, 0.717) is 5.95 Å². The van der Waals surface area contributed by atoms with Gasteiger partial charge in [-0.1, -0.05) is 6.92 Å². The van der Waals surface area contributed by atoms with Gasteiger partial charge < -0.3 is 5.32 Å². The summed E-state index contributed by atoms with van der Waals surface area (Å²) >= 11 is 5.64. The summed E-state index contributed by atoms with van der Waals surface area (Å²) in [6.45, 7) is 2.96. The van der Waals surface area contributed by atoms with Gasteiger partial charge >= 0.3 is 0 Å². The molecular weight excluding hydrogens is 397 g/mol. The molecule has 17 heavy (non-hydrogen) atoms. The summed E-state index contributed by atoms with van der Waals surface area (Å²) in [5.41, 5.74) is 0. The van der Waals surface area contributed by atoms with Crippen molar-refractivity contribution in [1.29, 1.82) is 0 Å². The Kier molecular flexibility index (Phi) is 4.32. The standard InChI is InChI=1S/C10H11BrIN5/c1-2-3-13-10-14-5-8(11)9(16-10)17-6-7(12)4-15-17/h4-6H,2-3H2,1H3,(H,13,14,16). The van der Waals surface area contributed by atoms with Crippen LogP contribution in [0, 0.1) is 3.57 Å². The van der Waals surface area contributed by atoms with E-state index in [1.165, 1.54) is 0 Å². The molecule has 0 aliphatic carbocycles. The van der Waals surface area contributed by atoms with Gasteiger partial charge in [0, 0.05) is 18.9 Å². The van der Waals surface area contributed by atoms with Crippen molar-refractivity contribution < 1.29 is 0 Å². The van der Waals surface area contributed by atoms with Crippen LogP contribution in [0.3, 0.4) is 0 Å². The summed E-state index contributed by atoms with van der Waals surface area (Å²) in [6.07, 6.45) is 6.47. The van der Waals surface area contributed by atoms with E-state index in [-0.39, 0.29) is 0 Å². The molecule has 2 aromatic heterocycles. The maximum atomic E-state index is 4.42. The summed E-state index contributed by atoms with van der Waals surface area (Å²) in [5, 5.41) is 7.38. The zero-order chi connectivity index (χ0) is 12.3. The number of aromatic nitrogens is 4. The van der Waals surface area contributed by atoms with Gasteiger partial charge in [0.25, 0.3) is 0 Å². The van der Waals surface area contributed by atoms with Crippen molar-refractivity contribution in [2.45, 2.75) is 13.3 Å². The van der Waals surface area contributed by atoms with Crippen LogP contribution in [0.25, 0.3) is 5.82 Å². The molecule has 0 radical (unpaired) electrons. The summed E-state index contributed by atoms with van der Waals surface area (Å²) in [5.74, 6) is 1.36. The third-order valence-electron chi connectivity index (χ3n) is 2.03. The van der Waals surface area contributed by atoms with Crippen molar-refractivity contribution in [2.24, 2.45) is 0 Å². The van der Waals surface area contributed by atoms with Crippen LogP contribution in [0.15, 0.2) is 23.1 Å². The normalized spacial score (nSPS) is 10.5.